The number of amides is 2. The van der Waals surface area contributed by atoms with Gasteiger partial charge in [-0.3, -0.25) is 9.59 Å². The van der Waals surface area contributed by atoms with Crippen molar-refractivity contribution in [2.45, 2.75) is 18.9 Å². The molecule has 2 N–H and O–H groups in total. The normalized spacial score (nSPS) is 19.0. The minimum atomic E-state index is -0.944. The Balaban J connectivity index is 0.000000292. The summed E-state index contributed by atoms with van der Waals surface area (Å²) in [7, 11) is 3.38. The number of carboxylic acids is 1. The number of aliphatic carboxylic acids is 1. The van der Waals surface area contributed by atoms with Crippen LogP contribution in [-0.4, -0.2) is 48.4 Å². The number of hydrogen-bond acceptors (Lipinski definition) is 3. The van der Waals surface area contributed by atoms with Crippen LogP contribution in [0, 0.1) is 0 Å². The maximum absolute atomic E-state index is 10.4. The highest BCUT2D eigenvalue weighted by atomic mass is 16.4. The number of nitrogens with zero attached hydrogens (tertiary/aromatic N) is 1. The molecule has 6 nitrogen and oxygen atoms in total. The highest BCUT2D eigenvalue weighted by Crippen LogP contribution is 2.05. The van der Waals surface area contributed by atoms with E-state index in [1.54, 1.807) is 14.1 Å². The van der Waals surface area contributed by atoms with Crippen LogP contribution in [0.3, 0.4) is 0 Å². The van der Waals surface area contributed by atoms with E-state index in [9.17, 15) is 14.4 Å². The second-order valence-corrected chi connectivity index (χ2v) is 3.07. The van der Waals surface area contributed by atoms with E-state index in [4.69, 9.17) is 5.11 Å². The topological polar surface area (TPSA) is 86.7 Å². The van der Waals surface area contributed by atoms with Gasteiger partial charge in [0.2, 0.25) is 12.3 Å². The van der Waals surface area contributed by atoms with Crippen molar-refractivity contribution in [2.75, 3.05) is 14.1 Å². The Labute approximate surface area is 81.9 Å². The van der Waals surface area contributed by atoms with Gasteiger partial charge in [0.25, 0.3) is 0 Å². The lowest BCUT2D eigenvalue weighted by Gasteiger charge is -1.99. The van der Waals surface area contributed by atoms with E-state index in [0.717, 1.165) is 6.41 Å². The number of nitrogens with one attached hydrogen (secondary N) is 1. The summed E-state index contributed by atoms with van der Waals surface area (Å²) >= 11 is 0. The van der Waals surface area contributed by atoms with Crippen molar-refractivity contribution in [3.8, 4) is 0 Å². The molecule has 1 aliphatic heterocycles. The minimum Gasteiger partial charge on any atom is -0.480 e. The van der Waals surface area contributed by atoms with Gasteiger partial charge in [0.15, 0.2) is 0 Å². The average molecular weight is 202 g/mol. The van der Waals surface area contributed by atoms with Gasteiger partial charge in [-0.1, -0.05) is 0 Å². The first kappa shape index (κ1) is 12.4. The Morgan fingerprint density at radius 2 is 2.14 bits per heavy atom. The largest absolute Gasteiger partial charge is 0.480 e. The average Bonchev–Trinajstić information content (AvgIpc) is 2.53. The Bertz CT molecular complexity index is 227. The Morgan fingerprint density at radius 1 is 1.64 bits per heavy atom. The maximum Gasteiger partial charge on any atom is 0.326 e. The molecule has 0 radical (unpaired) electrons. The van der Waals surface area contributed by atoms with Gasteiger partial charge in [-0.25, -0.2) is 4.79 Å². The number of rotatable bonds is 2. The van der Waals surface area contributed by atoms with Crippen LogP contribution in [0.25, 0.3) is 0 Å². The lowest BCUT2D eigenvalue weighted by atomic mass is 10.2. The molecular weight excluding hydrogens is 188 g/mol. The summed E-state index contributed by atoms with van der Waals surface area (Å²) in [6.45, 7) is 0. The molecule has 0 saturated carbocycles. The third kappa shape index (κ3) is 5.13. The molecule has 2 amide bonds. The fourth-order valence-electron chi connectivity index (χ4n) is 0.799. The summed E-state index contributed by atoms with van der Waals surface area (Å²) in [6, 6.07) is -0.641. The molecule has 1 saturated heterocycles. The highest BCUT2D eigenvalue weighted by Gasteiger charge is 2.26. The van der Waals surface area contributed by atoms with Crippen molar-refractivity contribution in [3.63, 3.8) is 0 Å². The first-order valence-corrected chi connectivity index (χ1v) is 4.11. The molecule has 1 rings (SSSR count). The van der Waals surface area contributed by atoms with Crippen LogP contribution in [0.2, 0.25) is 0 Å². The molecule has 1 heterocycles. The quantitative estimate of drug-likeness (QED) is 0.565. The van der Waals surface area contributed by atoms with Crippen LogP contribution in [0.5, 0.6) is 0 Å². The predicted molar refractivity (Wildman–Crippen MR) is 48.6 cm³/mol. The Morgan fingerprint density at radius 3 is 2.29 bits per heavy atom. The molecule has 1 fully saturated rings. The van der Waals surface area contributed by atoms with Crippen molar-refractivity contribution in [2.24, 2.45) is 0 Å². The summed E-state index contributed by atoms with van der Waals surface area (Å²) in [5.41, 5.74) is 0. The van der Waals surface area contributed by atoms with Crippen molar-refractivity contribution < 1.29 is 19.5 Å². The van der Waals surface area contributed by atoms with Gasteiger partial charge in [-0.2, -0.15) is 0 Å². The minimum absolute atomic E-state index is 0.164. The van der Waals surface area contributed by atoms with E-state index in [1.807, 2.05) is 0 Å². The molecule has 0 aromatic rings. The van der Waals surface area contributed by atoms with Crippen LogP contribution >= 0.6 is 0 Å². The third-order valence-electron chi connectivity index (χ3n) is 1.50. The van der Waals surface area contributed by atoms with Crippen LogP contribution in [-0.2, 0) is 14.4 Å². The van der Waals surface area contributed by atoms with Gasteiger partial charge in [0.1, 0.15) is 6.04 Å². The van der Waals surface area contributed by atoms with Crippen LogP contribution < -0.4 is 5.32 Å². The lowest BCUT2D eigenvalue weighted by molar-refractivity contribution is -0.140. The van der Waals surface area contributed by atoms with Crippen molar-refractivity contribution in [1.29, 1.82) is 0 Å². The van der Waals surface area contributed by atoms with Gasteiger partial charge >= 0.3 is 5.97 Å². The van der Waals surface area contributed by atoms with Crippen LogP contribution in [0.1, 0.15) is 12.8 Å². The summed E-state index contributed by atoms with van der Waals surface area (Å²) in [4.78, 5) is 31.4. The first-order valence-electron chi connectivity index (χ1n) is 4.11. The standard InChI is InChI=1S/C5H7NO3.C3H7NO/c7-4-2-1-3(6-4)5(8)9;1-4(2)3-5/h3H,1-2H2,(H,6,7)(H,8,9);3H,1-2H3/t3-;/m0./s1. The van der Waals surface area contributed by atoms with Gasteiger partial charge in [-0.05, 0) is 6.42 Å². The number of carbonyl (C=O) groups excluding carboxylic acids is 2. The number of carboxylic acid groups (broad SMARTS) is 1. The number of hydrogen-bond donors (Lipinski definition) is 2. The van der Waals surface area contributed by atoms with E-state index < -0.39 is 12.0 Å². The van der Waals surface area contributed by atoms with Gasteiger partial charge in [-0.15, -0.1) is 0 Å². The summed E-state index contributed by atoms with van der Waals surface area (Å²) in [5, 5.41) is 10.6. The van der Waals surface area contributed by atoms with Crippen LogP contribution in [0.4, 0.5) is 0 Å². The molecule has 14 heavy (non-hydrogen) atoms. The second kappa shape index (κ2) is 5.95. The second-order valence-electron chi connectivity index (χ2n) is 3.07. The molecular formula is C8H14N2O4. The summed E-state index contributed by atoms with van der Waals surface area (Å²) in [6.07, 6.45) is 1.52. The highest BCUT2D eigenvalue weighted by molar-refractivity contribution is 5.87. The molecule has 1 aliphatic rings. The van der Waals surface area contributed by atoms with Crippen molar-refractivity contribution in [3.05, 3.63) is 0 Å². The molecule has 0 bridgehead atoms. The summed E-state index contributed by atoms with van der Waals surface area (Å²) in [5.74, 6) is -1.11. The van der Waals surface area contributed by atoms with Gasteiger partial charge in [0, 0.05) is 20.5 Å². The SMILES string of the molecule is CN(C)C=O.O=C1CC[C@@H](C(=O)O)N1. The zero-order valence-electron chi connectivity index (χ0n) is 8.19. The third-order valence-corrected chi connectivity index (χ3v) is 1.50. The fourth-order valence-corrected chi connectivity index (χ4v) is 0.799. The van der Waals surface area contributed by atoms with E-state index in [2.05, 4.69) is 5.32 Å². The maximum atomic E-state index is 10.4. The van der Waals surface area contributed by atoms with Crippen molar-refractivity contribution >= 4 is 18.3 Å². The summed E-state index contributed by atoms with van der Waals surface area (Å²) < 4.78 is 0. The lowest BCUT2D eigenvalue weighted by Crippen LogP contribution is -2.32. The first-order chi connectivity index (χ1) is 6.47. The van der Waals surface area contributed by atoms with E-state index >= 15 is 0 Å². The molecule has 0 aromatic heterocycles. The van der Waals surface area contributed by atoms with Gasteiger partial charge in [0.05, 0.1) is 0 Å². The molecule has 1 atom stereocenters. The molecule has 6 heteroatoms. The smallest absolute Gasteiger partial charge is 0.326 e. The fraction of sp³-hybridized carbons (Fsp3) is 0.625. The van der Waals surface area contributed by atoms with E-state index in [-0.39, 0.29) is 5.91 Å². The molecule has 0 unspecified atom stereocenters. The molecule has 80 valence electrons. The van der Waals surface area contributed by atoms with Crippen LogP contribution in [0.15, 0.2) is 0 Å². The van der Waals surface area contributed by atoms with E-state index in [1.165, 1.54) is 4.90 Å². The monoisotopic (exact) mass is 202 g/mol. The molecule has 0 spiro atoms. The number of carbonyl (C=O) groups is 3. The zero-order valence-corrected chi connectivity index (χ0v) is 8.19. The van der Waals surface area contributed by atoms with Gasteiger partial charge < -0.3 is 15.3 Å². The Kier molecular flexibility index (Phi) is 5.28. The Hall–Kier alpha value is -1.59. The zero-order chi connectivity index (χ0) is 11.1. The predicted octanol–water partition coefficient (Wildman–Crippen LogP) is -0.946. The van der Waals surface area contributed by atoms with E-state index in [0.29, 0.717) is 12.8 Å². The molecule has 0 aliphatic carbocycles. The molecule has 0 aromatic carbocycles. The van der Waals surface area contributed by atoms with Crippen molar-refractivity contribution in [1.82, 2.24) is 10.2 Å².